The first-order valence-electron chi connectivity index (χ1n) is 8.65. The van der Waals surface area contributed by atoms with Crippen molar-refractivity contribution in [2.45, 2.75) is 31.2 Å². The van der Waals surface area contributed by atoms with Crippen LogP contribution in [0.5, 0.6) is 0 Å². The minimum absolute atomic E-state index is 0.0661. The predicted octanol–water partition coefficient (Wildman–Crippen LogP) is 3.57. The molecule has 0 saturated carbocycles. The first kappa shape index (κ1) is 19.0. The lowest BCUT2D eigenvalue weighted by Crippen LogP contribution is -2.30. The van der Waals surface area contributed by atoms with E-state index in [1.807, 2.05) is 18.2 Å². The quantitative estimate of drug-likeness (QED) is 0.753. The van der Waals surface area contributed by atoms with E-state index in [4.69, 9.17) is 0 Å². The summed E-state index contributed by atoms with van der Waals surface area (Å²) in [5, 5.41) is 8.39. The maximum atomic E-state index is 12.9. The summed E-state index contributed by atoms with van der Waals surface area (Å²) in [5.74, 6) is 0.185. The Hall–Kier alpha value is -2.80. The van der Waals surface area contributed by atoms with Crippen LogP contribution in [0.3, 0.4) is 0 Å². The molecule has 1 aliphatic rings. The molecule has 3 rings (SSSR count). The maximum Gasteiger partial charge on any atom is 0.251 e. The van der Waals surface area contributed by atoms with Crippen LogP contribution >= 0.6 is 11.8 Å². The van der Waals surface area contributed by atoms with Gasteiger partial charge >= 0.3 is 0 Å². The molecule has 2 aromatic carbocycles. The molecule has 3 amide bonds. The lowest BCUT2D eigenvalue weighted by Gasteiger charge is -2.26. The molecule has 1 heterocycles. The maximum absolute atomic E-state index is 12.9. The molecular weight excluding hydrogens is 362 g/mol. The fraction of sp³-hybridized carbons (Fsp3) is 0.250. The van der Waals surface area contributed by atoms with Crippen molar-refractivity contribution in [3.8, 4) is 0 Å². The molecule has 1 aliphatic heterocycles. The highest BCUT2D eigenvalue weighted by atomic mass is 32.2. The van der Waals surface area contributed by atoms with Crippen LogP contribution in [0.2, 0.25) is 0 Å². The predicted molar refractivity (Wildman–Crippen MR) is 107 cm³/mol. The average molecular weight is 383 g/mol. The van der Waals surface area contributed by atoms with Gasteiger partial charge in [-0.25, -0.2) is 0 Å². The van der Waals surface area contributed by atoms with Gasteiger partial charge in [-0.15, -0.1) is 11.8 Å². The van der Waals surface area contributed by atoms with E-state index in [1.165, 1.54) is 18.7 Å². The van der Waals surface area contributed by atoms with E-state index in [-0.39, 0.29) is 23.8 Å². The van der Waals surface area contributed by atoms with Crippen molar-refractivity contribution in [2.75, 3.05) is 16.4 Å². The normalized spacial score (nSPS) is 15.4. The van der Waals surface area contributed by atoms with Crippen LogP contribution in [-0.4, -0.2) is 23.5 Å². The number of thioether (sulfide) groups is 1. The second-order valence-corrected chi connectivity index (χ2v) is 7.50. The largest absolute Gasteiger partial charge is 0.345 e. The Kier molecular flexibility index (Phi) is 5.81. The van der Waals surface area contributed by atoms with Gasteiger partial charge in [-0.2, -0.15) is 0 Å². The Morgan fingerprint density at radius 3 is 2.22 bits per heavy atom. The Labute approximate surface area is 162 Å². The second-order valence-electron chi connectivity index (χ2n) is 6.36. The number of rotatable bonds is 4. The molecule has 0 saturated heterocycles. The molecule has 2 aromatic rings. The summed E-state index contributed by atoms with van der Waals surface area (Å²) in [6.07, 6.45) is 0.845. The minimum Gasteiger partial charge on any atom is -0.345 e. The molecular formula is C20H21N3O3S. The van der Waals surface area contributed by atoms with E-state index in [0.29, 0.717) is 16.9 Å². The Morgan fingerprint density at radius 2 is 1.59 bits per heavy atom. The molecule has 0 aromatic heterocycles. The Balaban J connectivity index is 1.85. The third kappa shape index (κ3) is 4.89. The molecule has 7 heteroatoms. The van der Waals surface area contributed by atoms with Crippen LogP contribution < -0.4 is 16.0 Å². The van der Waals surface area contributed by atoms with Crippen LogP contribution in [-0.2, 0) is 9.59 Å². The van der Waals surface area contributed by atoms with E-state index in [2.05, 4.69) is 22.0 Å². The summed E-state index contributed by atoms with van der Waals surface area (Å²) in [4.78, 5) is 36.8. The third-order valence-corrected chi connectivity index (χ3v) is 5.22. The topological polar surface area (TPSA) is 87.3 Å². The van der Waals surface area contributed by atoms with Crippen LogP contribution in [0, 0.1) is 0 Å². The van der Waals surface area contributed by atoms with E-state index in [9.17, 15) is 14.4 Å². The van der Waals surface area contributed by atoms with Gasteiger partial charge in [-0.3, -0.25) is 14.4 Å². The monoisotopic (exact) mass is 383 g/mol. The van der Waals surface area contributed by atoms with Gasteiger partial charge in [0.25, 0.3) is 5.91 Å². The van der Waals surface area contributed by atoms with Gasteiger partial charge in [-0.05, 0) is 36.2 Å². The van der Waals surface area contributed by atoms with E-state index < -0.39 is 0 Å². The number of anilines is 2. The van der Waals surface area contributed by atoms with Crippen molar-refractivity contribution in [1.82, 2.24) is 5.32 Å². The van der Waals surface area contributed by atoms with Gasteiger partial charge in [0.05, 0.1) is 6.04 Å². The summed E-state index contributed by atoms with van der Waals surface area (Å²) in [7, 11) is 0. The minimum atomic E-state index is -0.250. The zero-order valence-corrected chi connectivity index (χ0v) is 16.0. The van der Waals surface area contributed by atoms with Crippen molar-refractivity contribution in [1.29, 1.82) is 0 Å². The van der Waals surface area contributed by atoms with Crippen LogP contribution in [0.15, 0.2) is 47.4 Å². The van der Waals surface area contributed by atoms with Gasteiger partial charge in [0.2, 0.25) is 11.8 Å². The van der Waals surface area contributed by atoms with Crippen LogP contribution in [0.1, 0.15) is 42.2 Å². The molecule has 6 nitrogen and oxygen atoms in total. The molecule has 0 bridgehead atoms. The number of carbonyl (C=O) groups is 3. The second kappa shape index (κ2) is 8.26. The number of fused-ring (bicyclic) bond motifs is 1. The zero-order chi connectivity index (χ0) is 19.4. The molecule has 27 heavy (non-hydrogen) atoms. The highest BCUT2D eigenvalue weighted by molar-refractivity contribution is 7.99. The average Bonchev–Trinajstić information content (AvgIpc) is 2.60. The van der Waals surface area contributed by atoms with Crippen molar-refractivity contribution in [3.05, 3.63) is 53.6 Å². The fourth-order valence-electron chi connectivity index (χ4n) is 3.04. The van der Waals surface area contributed by atoms with Crippen molar-refractivity contribution >= 4 is 40.9 Å². The lowest BCUT2D eigenvalue weighted by atomic mass is 10.0. The van der Waals surface area contributed by atoms with Crippen LogP contribution in [0.4, 0.5) is 11.4 Å². The summed E-state index contributed by atoms with van der Waals surface area (Å²) >= 11 is 1.79. The van der Waals surface area contributed by atoms with Crippen LogP contribution in [0.25, 0.3) is 0 Å². The highest BCUT2D eigenvalue weighted by Crippen LogP contribution is 2.36. The molecule has 0 spiro atoms. The molecule has 140 valence electrons. The number of hydrogen-bond acceptors (Lipinski definition) is 4. The molecule has 1 atom stereocenters. The number of hydrogen-bond donors (Lipinski definition) is 3. The molecule has 0 fully saturated rings. The lowest BCUT2D eigenvalue weighted by molar-refractivity contribution is -0.115. The first-order chi connectivity index (χ1) is 12.9. The molecule has 0 aliphatic carbocycles. The fourth-order valence-corrected chi connectivity index (χ4v) is 4.17. The Bertz CT molecular complexity index is 864. The third-order valence-electron chi connectivity index (χ3n) is 4.10. The van der Waals surface area contributed by atoms with E-state index in [0.717, 1.165) is 17.7 Å². The number of carbonyl (C=O) groups excluding carboxylic acids is 3. The van der Waals surface area contributed by atoms with E-state index in [1.54, 1.807) is 30.0 Å². The highest BCUT2D eigenvalue weighted by Gasteiger charge is 2.22. The smallest absolute Gasteiger partial charge is 0.251 e. The van der Waals surface area contributed by atoms with Gasteiger partial charge < -0.3 is 16.0 Å². The van der Waals surface area contributed by atoms with Gasteiger partial charge in [0, 0.05) is 41.4 Å². The zero-order valence-electron chi connectivity index (χ0n) is 15.2. The van der Waals surface area contributed by atoms with Crippen molar-refractivity contribution < 1.29 is 14.4 Å². The van der Waals surface area contributed by atoms with Crippen molar-refractivity contribution in [2.24, 2.45) is 0 Å². The number of amides is 3. The summed E-state index contributed by atoms with van der Waals surface area (Å²) in [6, 6.07) is 12.8. The Morgan fingerprint density at radius 1 is 0.963 bits per heavy atom. The number of benzene rings is 2. The SMILES string of the molecule is CC(=O)Nc1cc(NC(C)=O)cc(C(=O)N[C@@H]2CCSc3ccccc32)c1. The standard InChI is InChI=1S/C20H21N3O3S/c1-12(24)21-15-9-14(10-16(11-15)22-13(2)25)20(26)23-18-7-8-27-19-6-4-3-5-17(18)19/h3-6,9-11,18H,7-8H2,1-2H3,(H,21,24)(H,22,25)(H,23,26)/t18-/m1/s1. The summed E-state index contributed by atoms with van der Waals surface area (Å²) in [5.41, 5.74) is 2.40. The van der Waals surface area contributed by atoms with E-state index >= 15 is 0 Å². The molecule has 0 radical (unpaired) electrons. The van der Waals surface area contributed by atoms with Gasteiger partial charge in [-0.1, -0.05) is 18.2 Å². The summed E-state index contributed by atoms with van der Waals surface area (Å²) < 4.78 is 0. The first-order valence-corrected chi connectivity index (χ1v) is 9.64. The molecule has 0 unspecified atom stereocenters. The van der Waals surface area contributed by atoms with Gasteiger partial charge in [0.15, 0.2) is 0 Å². The summed E-state index contributed by atoms with van der Waals surface area (Å²) in [6.45, 7) is 2.78. The molecule has 3 N–H and O–H groups in total. The number of nitrogens with one attached hydrogen (secondary N) is 3. The van der Waals surface area contributed by atoms with Crippen molar-refractivity contribution in [3.63, 3.8) is 0 Å². The van der Waals surface area contributed by atoms with Gasteiger partial charge in [0.1, 0.15) is 0 Å².